The van der Waals surface area contributed by atoms with Crippen molar-refractivity contribution in [3.05, 3.63) is 23.9 Å². The van der Waals surface area contributed by atoms with Gasteiger partial charge in [0.05, 0.1) is 7.11 Å². The van der Waals surface area contributed by atoms with Crippen LogP contribution in [0.4, 0.5) is 0 Å². The minimum atomic E-state index is -0.759. The normalized spacial score (nSPS) is 20.6. The smallest absolute Gasteiger partial charge is 0.321 e. The van der Waals surface area contributed by atoms with Gasteiger partial charge in [-0.05, 0) is 6.07 Å². The van der Waals surface area contributed by atoms with Crippen LogP contribution < -0.4 is 4.74 Å². The SMILES string of the molecule is COc1ncccc1CN1CCSCC1C(=O)O. The molecule has 0 amide bonds. The topological polar surface area (TPSA) is 62.7 Å². The largest absolute Gasteiger partial charge is 0.481 e. The molecule has 0 bridgehead atoms. The summed E-state index contributed by atoms with van der Waals surface area (Å²) < 4.78 is 5.19. The third kappa shape index (κ3) is 2.94. The lowest BCUT2D eigenvalue weighted by Gasteiger charge is -2.32. The quantitative estimate of drug-likeness (QED) is 0.882. The number of pyridine rings is 1. The molecule has 2 rings (SSSR count). The number of carboxylic acids is 1. The van der Waals surface area contributed by atoms with Gasteiger partial charge in [-0.2, -0.15) is 11.8 Å². The molecule has 1 aliphatic rings. The van der Waals surface area contributed by atoms with Crippen molar-refractivity contribution in [3.63, 3.8) is 0 Å². The van der Waals surface area contributed by atoms with Crippen molar-refractivity contribution in [1.82, 2.24) is 9.88 Å². The van der Waals surface area contributed by atoms with Gasteiger partial charge in [0.2, 0.25) is 5.88 Å². The fourth-order valence-corrected chi connectivity index (χ4v) is 3.11. The maximum atomic E-state index is 11.2. The average molecular weight is 268 g/mol. The summed E-state index contributed by atoms with van der Waals surface area (Å²) in [5, 5.41) is 9.21. The number of aliphatic carboxylic acids is 1. The van der Waals surface area contributed by atoms with Crippen LogP contribution >= 0.6 is 11.8 Å². The zero-order chi connectivity index (χ0) is 13.0. The van der Waals surface area contributed by atoms with Crippen molar-refractivity contribution >= 4 is 17.7 Å². The summed E-state index contributed by atoms with van der Waals surface area (Å²) in [6.07, 6.45) is 1.67. The summed E-state index contributed by atoms with van der Waals surface area (Å²) in [5.41, 5.74) is 0.929. The van der Waals surface area contributed by atoms with E-state index in [4.69, 9.17) is 4.74 Å². The zero-order valence-corrected chi connectivity index (χ0v) is 11.0. The van der Waals surface area contributed by atoms with Crippen molar-refractivity contribution in [2.24, 2.45) is 0 Å². The third-order valence-corrected chi connectivity index (χ3v) is 3.96. The van der Waals surface area contributed by atoms with Gasteiger partial charge in [-0.15, -0.1) is 0 Å². The molecule has 1 aromatic rings. The Bertz CT molecular complexity index is 428. The van der Waals surface area contributed by atoms with Gasteiger partial charge in [-0.3, -0.25) is 9.69 Å². The molecule has 6 heteroatoms. The Morgan fingerprint density at radius 3 is 3.28 bits per heavy atom. The summed E-state index contributed by atoms with van der Waals surface area (Å²) >= 11 is 1.69. The number of carbonyl (C=O) groups is 1. The highest BCUT2D eigenvalue weighted by atomic mass is 32.2. The highest BCUT2D eigenvalue weighted by Gasteiger charge is 2.29. The number of hydrogen-bond donors (Lipinski definition) is 1. The fourth-order valence-electron chi connectivity index (χ4n) is 2.00. The van der Waals surface area contributed by atoms with Gasteiger partial charge in [-0.1, -0.05) is 6.07 Å². The van der Waals surface area contributed by atoms with Crippen molar-refractivity contribution in [1.29, 1.82) is 0 Å². The molecule has 98 valence electrons. The third-order valence-electron chi connectivity index (χ3n) is 2.94. The standard InChI is InChI=1S/C12H16N2O3S/c1-17-11-9(3-2-4-13-11)7-14-5-6-18-8-10(14)12(15)16/h2-4,10H,5-8H2,1H3,(H,15,16). The highest BCUT2D eigenvalue weighted by molar-refractivity contribution is 7.99. The first-order valence-electron chi connectivity index (χ1n) is 5.75. The number of rotatable bonds is 4. The molecule has 1 fully saturated rings. The predicted molar refractivity (Wildman–Crippen MR) is 69.9 cm³/mol. The maximum Gasteiger partial charge on any atom is 0.321 e. The highest BCUT2D eigenvalue weighted by Crippen LogP contribution is 2.22. The van der Waals surface area contributed by atoms with Crippen LogP contribution in [0.2, 0.25) is 0 Å². The molecule has 18 heavy (non-hydrogen) atoms. The second-order valence-electron chi connectivity index (χ2n) is 4.07. The number of ether oxygens (including phenoxy) is 1. The van der Waals surface area contributed by atoms with Crippen LogP contribution in [0, 0.1) is 0 Å². The molecular weight excluding hydrogens is 252 g/mol. The van der Waals surface area contributed by atoms with Gasteiger partial charge < -0.3 is 9.84 Å². The number of nitrogens with zero attached hydrogens (tertiary/aromatic N) is 2. The van der Waals surface area contributed by atoms with E-state index < -0.39 is 12.0 Å². The number of methoxy groups -OCH3 is 1. The molecule has 1 atom stereocenters. The van der Waals surface area contributed by atoms with E-state index >= 15 is 0 Å². The lowest BCUT2D eigenvalue weighted by atomic mass is 10.2. The van der Waals surface area contributed by atoms with Crippen molar-refractivity contribution in [2.75, 3.05) is 25.2 Å². The van der Waals surface area contributed by atoms with Crippen LogP contribution in [0.3, 0.4) is 0 Å². The number of aromatic nitrogens is 1. The first-order chi connectivity index (χ1) is 8.72. The molecule has 0 radical (unpaired) electrons. The molecule has 1 saturated heterocycles. The fraction of sp³-hybridized carbons (Fsp3) is 0.500. The van der Waals surface area contributed by atoms with Crippen molar-refractivity contribution in [2.45, 2.75) is 12.6 Å². The average Bonchev–Trinajstić information content (AvgIpc) is 2.40. The molecular formula is C12H16N2O3S. The van der Waals surface area contributed by atoms with E-state index in [2.05, 4.69) is 4.98 Å². The van der Waals surface area contributed by atoms with E-state index in [1.165, 1.54) is 0 Å². The monoisotopic (exact) mass is 268 g/mol. The van der Waals surface area contributed by atoms with Crippen LogP contribution in [0.5, 0.6) is 5.88 Å². The Hall–Kier alpha value is -1.27. The van der Waals surface area contributed by atoms with Gasteiger partial charge in [0.1, 0.15) is 6.04 Å². The summed E-state index contributed by atoms with van der Waals surface area (Å²) in [5.74, 6) is 1.41. The minimum absolute atomic E-state index is 0.423. The van der Waals surface area contributed by atoms with Crippen LogP contribution in [0.1, 0.15) is 5.56 Å². The first kappa shape index (κ1) is 13.2. The van der Waals surface area contributed by atoms with Gasteiger partial charge >= 0.3 is 5.97 Å². The summed E-state index contributed by atoms with van der Waals surface area (Å²) in [6.45, 7) is 1.34. The van der Waals surface area contributed by atoms with Crippen LogP contribution in [0.15, 0.2) is 18.3 Å². The Labute approximate surface area is 110 Å². The molecule has 2 heterocycles. The number of carboxylic acid groups (broad SMARTS) is 1. The van der Waals surface area contributed by atoms with Crippen molar-refractivity contribution < 1.29 is 14.6 Å². The Kier molecular flexibility index (Phi) is 4.43. The molecule has 0 aromatic carbocycles. The van der Waals surface area contributed by atoms with Crippen LogP contribution in [-0.4, -0.2) is 52.2 Å². The second-order valence-corrected chi connectivity index (χ2v) is 5.22. The van der Waals surface area contributed by atoms with Gasteiger partial charge in [0, 0.05) is 36.4 Å². The van der Waals surface area contributed by atoms with E-state index in [-0.39, 0.29) is 0 Å². The van der Waals surface area contributed by atoms with Gasteiger partial charge in [0.25, 0.3) is 0 Å². The molecule has 0 aliphatic carbocycles. The first-order valence-corrected chi connectivity index (χ1v) is 6.90. The van der Waals surface area contributed by atoms with Crippen LogP contribution in [0.25, 0.3) is 0 Å². The molecule has 1 N–H and O–H groups in total. The molecule has 1 aliphatic heterocycles. The van der Waals surface area contributed by atoms with E-state index in [0.717, 1.165) is 17.9 Å². The number of thioether (sulfide) groups is 1. The lowest BCUT2D eigenvalue weighted by Crippen LogP contribution is -2.46. The van der Waals surface area contributed by atoms with Crippen molar-refractivity contribution in [3.8, 4) is 5.88 Å². The second kappa shape index (κ2) is 6.06. The predicted octanol–water partition coefficient (Wildman–Crippen LogP) is 1.09. The van der Waals surface area contributed by atoms with Crippen LogP contribution in [-0.2, 0) is 11.3 Å². The van der Waals surface area contributed by atoms with E-state index in [0.29, 0.717) is 18.2 Å². The maximum absolute atomic E-state index is 11.2. The van der Waals surface area contributed by atoms with E-state index in [1.54, 1.807) is 25.1 Å². The summed E-state index contributed by atoms with van der Waals surface area (Å²) in [4.78, 5) is 17.3. The molecule has 0 spiro atoms. The van der Waals surface area contributed by atoms with E-state index in [9.17, 15) is 9.90 Å². The van der Waals surface area contributed by atoms with Gasteiger partial charge in [0.15, 0.2) is 0 Å². The Morgan fingerprint density at radius 2 is 2.56 bits per heavy atom. The number of hydrogen-bond acceptors (Lipinski definition) is 5. The Balaban J connectivity index is 2.13. The summed E-state index contributed by atoms with van der Waals surface area (Å²) in [7, 11) is 1.58. The molecule has 0 saturated carbocycles. The molecule has 1 unspecified atom stereocenters. The van der Waals surface area contributed by atoms with E-state index in [1.807, 2.05) is 17.0 Å². The summed E-state index contributed by atoms with van der Waals surface area (Å²) in [6, 6.07) is 3.34. The van der Waals surface area contributed by atoms with Gasteiger partial charge in [-0.25, -0.2) is 4.98 Å². The lowest BCUT2D eigenvalue weighted by molar-refractivity contribution is -0.142. The minimum Gasteiger partial charge on any atom is -0.481 e. The Morgan fingerprint density at radius 1 is 1.72 bits per heavy atom. The molecule has 1 aromatic heterocycles. The molecule has 5 nitrogen and oxygen atoms in total. The zero-order valence-electron chi connectivity index (χ0n) is 10.2.